The molecule has 2 heterocycles. The Morgan fingerprint density at radius 2 is 1.72 bits per heavy atom. The molecule has 1 aromatic carbocycles. The third kappa shape index (κ3) is 4.06. The van der Waals surface area contributed by atoms with Gasteiger partial charge in [-0.15, -0.1) is 0 Å². The normalized spacial score (nSPS) is 21.0. The van der Waals surface area contributed by atoms with Gasteiger partial charge < -0.3 is 4.90 Å². The number of nitrogens with zero attached hydrogens (tertiary/aromatic N) is 4. The van der Waals surface area contributed by atoms with Gasteiger partial charge in [-0.25, -0.2) is 12.7 Å². The number of benzene rings is 1. The summed E-state index contributed by atoms with van der Waals surface area (Å²) < 4.78 is 53.3. The van der Waals surface area contributed by atoms with Crippen molar-refractivity contribution in [3.63, 3.8) is 0 Å². The first kappa shape index (κ1) is 22.2. The second kappa shape index (κ2) is 7.95. The molecule has 1 aromatic rings. The Kier molecular flexibility index (Phi) is 6.08. The van der Waals surface area contributed by atoms with Crippen molar-refractivity contribution in [3.05, 3.63) is 23.8 Å². The van der Waals surface area contributed by atoms with E-state index < -0.39 is 26.2 Å². The highest BCUT2D eigenvalue weighted by molar-refractivity contribution is 7.89. The largest absolute Gasteiger partial charge is 0.312 e. The molecule has 1 atom stereocenters. The SMILES string of the molecule is CN(C)S(=O)(=O)c1ccc2c(c1)CCN2C(=O)[C@@H]1CCCN(S(=O)(=O)N(C)C)C1. The van der Waals surface area contributed by atoms with Crippen LogP contribution in [0.1, 0.15) is 18.4 Å². The maximum absolute atomic E-state index is 13.2. The monoisotopic (exact) mass is 444 g/mol. The molecular formula is C18H28N4O5S2. The predicted octanol–water partition coefficient (Wildman–Crippen LogP) is 0.344. The van der Waals surface area contributed by atoms with Gasteiger partial charge in [-0.3, -0.25) is 4.79 Å². The van der Waals surface area contributed by atoms with Crippen LogP contribution < -0.4 is 4.90 Å². The van der Waals surface area contributed by atoms with E-state index in [1.807, 2.05) is 0 Å². The first-order chi connectivity index (χ1) is 13.5. The van der Waals surface area contributed by atoms with Gasteiger partial charge in [-0.1, -0.05) is 0 Å². The zero-order valence-electron chi connectivity index (χ0n) is 17.2. The molecular weight excluding hydrogens is 416 g/mol. The molecule has 0 saturated carbocycles. The highest BCUT2D eigenvalue weighted by Gasteiger charge is 2.37. The van der Waals surface area contributed by atoms with Crippen LogP contribution in [0, 0.1) is 5.92 Å². The van der Waals surface area contributed by atoms with Crippen LogP contribution in [0.3, 0.4) is 0 Å². The summed E-state index contributed by atoms with van der Waals surface area (Å²) in [5, 5.41) is 0. The third-order valence-electron chi connectivity index (χ3n) is 5.51. The number of anilines is 1. The summed E-state index contributed by atoms with van der Waals surface area (Å²) in [6, 6.07) is 4.82. The molecule has 29 heavy (non-hydrogen) atoms. The lowest BCUT2D eigenvalue weighted by Gasteiger charge is -2.34. The lowest BCUT2D eigenvalue weighted by molar-refractivity contribution is -0.123. The van der Waals surface area contributed by atoms with Gasteiger partial charge in [-0.2, -0.15) is 17.0 Å². The van der Waals surface area contributed by atoms with E-state index in [9.17, 15) is 21.6 Å². The molecule has 0 aromatic heterocycles. The summed E-state index contributed by atoms with van der Waals surface area (Å²) in [5.41, 5.74) is 1.52. The Bertz CT molecular complexity index is 1010. The number of hydrogen-bond acceptors (Lipinski definition) is 5. The molecule has 1 fully saturated rings. The fourth-order valence-electron chi connectivity index (χ4n) is 3.78. The summed E-state index contributed by atoms with van der Waals surface area (Å²) in [7, 11) is -1.16. The first-order valence-electron chi connectivity index (χ1n) is 9.50. The molecule has 1 saturated heterocycles. The number of hydrogen-bond donors (Lipinski definition) is 0. The van der Waals surface area contributed by atoms with E-state index >= 15 is 0 Å². The lowest BCUT2D eigenvalue weighted by Crippen LogP contribution is -2.49. The number of amides is 1. The highest BCUT2D eigenvalue weighted by Crippen LogP contribution is 2.33. The van der Waals surface area contributed by atoms with Crippen LogP contribution in [0.5, 0.6) is 0 Å². The van der Waals surface area contributed by atoms with Crippen LogP contribution in [-0.4, -0.2) is 83.5 Å². The summed E-state index contributed by atoms with van der Waals surface area (Å²) in [6.07, 6.45) is 1.84. The molecule has 0 radical (unpaired) electrons. The molecule has 0 bridgehead atoms. The molecule has 3 rings (SSSR count). The minimum absolute atomic E-state index is 0.106. The minimum atomic E-state index is -3.56. The van der Waals surface area contributed by atoms with Gasteiger partial charge in [-0.05, 0) is 43.0 Å². The van der Waals surface area contributed by atoms with E-state index in [0.717, 1.165) is 14.2 Å². The predicted molar refractivity (Wildman–Crippen MR) is 110 cm³/mol. The van der Waals surface area contributed by atoms with Gasteiger partial charge >= 0.3 is 0 Å². The molecule has 1 amide bonds. The standard InChI is InChI=1S/C18H28N4O5S2/c1-19(2)28(24,25)16-7-8-17-14(12-16)9-11-22(17)18(23)15-6-5-10-21(13-15)29(26,27)20(3)4/h7-8,12,15H,5-6,9-11,13H2,1-4H3/t15-/m1/s1. The number of rotatable bonds is 5. The zero-order valence-corrected chi connectivity index (χ0v) is 18.8. The Balaban J connectivity index is 1.81. The quantitative estimate of drug-likeness (QED) is 0.652. The average molecular weight is 445 g/mol. The average Bonchev–Trinajstić information content (AvgIpc) is 3.10. The van der Waals surface area contributed by atoms with Gasteiger partial charge in [0, 0.05) is 53.5 Å². The summed E-state index contributed by atoms with van der Waals surface area (Å²) >= 11 is 0. The molecule has 0 N–H and O–H groups in total. The van der Waals surface area contributed by atoms with E-state index in [1.54, 1.807) is 17.0 Å². The Hall–Kier alpha value is -1.53. The van der Waals surface area contributed by atoms with Crippen molar-refractivity contribution < 1.29 is 21.6 Å². The van der Waals surface area contributed by atoms with Crippen molar-refractivity contribution in [2.45, 2.75) is 24.2 Å². The fraction of sp³-hybridized carbons (Fsp3) is 0.611. The van der Waals surface area contributed by atoms with Gasteiger partial charge in [0.1, 0.15) is 0 Å². The van der Waals surface area contributed by atoms with Gasteiger partial charge in [0.25, 0.3) is 10.2 Å². The van der Waals surface area contributed by atoms with Gasteiger partial charge in [0.05, 0.1) is 10.8 Å². The summed E-state index contributed by atoms with van der Waals surface area (Å²) in [5.74, 6) is -0.514. The molecule has 0 unspecified atom stereocenters. The van der Waals surface area contributed by atoms with Crippen molar-refractivity contribution >= 4 is 31.8 Å². The number of carbonyl (C=O) groups is 1. The topological polar surface area (TPSA) is 98.3 Å². The number of piperidine rings is 1. The van der Waals surface area contributed by atoms with E-state index in [-0.39, 0.29) is 17.3 Å². The van der Waals surface area contributed by atoms with E-state index in [0.29, 0.717) is 38.0 Å². The molecule has 0 spiro atoms. The van der Waals surface area contributed by atoms with Crippen molar-refractivity contribution in [2.75, 3.05) is 52.7 Å². The van der Waals surface area contributed by atoms with E-state index in [2.05, 4.69) is 0 Å². The summed E-state index contributed by atoms with van der Waals surface area (Å²) in [4.78, 5) is 15.0. The fourth-order valence-corrected chi connectivity index (χ4v) is 5.93. The Labute approximate surface area is 173 Å². The lowest BCUT2D eigenvalue weighted by atomic mass is 9.98. The molecule has 9 nitrogen and oxygen atoms in total. The highest BCUT2D eigenvalue weighted by atomic mass is 32.2. The number of carbonyl (C=O) groups excluding carboxylic acids is 1. The van der Waals surface area contributed by atoms with Gasteiger partial charge in [0.15, 0.2) is 0 Å². The first-order valence-corrected chi connectivity index (χ1v) is 12.3. The maximum atomic E-state index is 13.2. The molecule has 162 valence electrons. The van der Waals surface area contributed by atoms with Crippen LogP contribution in [0.2, 0.25) is 0 Å². The van der Waals surface area contributed by atoms with E-state index in [1.165, 1.54) is 38.6 Å². The minimum Gasteiger partial charge on any atom is -0.312 e. The number of sulfonamides is 1. The van der Waals surface area contributed by atoms with Crippen LogP contribution in [0.15, 0.2) is 23.1 Å². The third-order valence-corrected chi connectivity index (χ3v) is 9.23. The summed E-state index contributed by atoms with van der Waals surface area (Å²) in [6.45, 7) is 1.04. The molecule has 0 aliphatic carbocycles. The van der Waals surface area contributed by atoms with Crippen LogP contribution in [0.25, 0.3) is 0 Å². The molecule has 11 heteroatoms. The van der Waals surface area contributed by atoms with Crippen LogP contribution >= 0.6 is 0 Å². The molecule has 2 aliphatic rings. The van der Waals surface area contributed by atoms with Gasteiger partial charge in [0.2, 0.25) is 15.9 Å². The van der Waals surface area contributed by atoms with E-state index in [4.69, 9.17) is 0 Å². The Morgan fingerprint density at radius 3 is 2.34 bits per heavy atom. The number of fused-ring (bicyclic) bond motifs is 1. The van der Waals surface area contributed by atoms with Crippen molar-refractivity contribution in [1.82, 2.24) is 12.9 Å². The maximum Gasteiger partial charge on any atom is 0.281 e. The van der Waals surface area contributed by atoms with Crippen molar-refractivity contribution in [3.8, 4) is 0 Å². The van der Waals surface area contributed by atoms with Crippen LogP contribution in [-0.2, 0) is 31.4 Å². The molecule has 2 aliphatic heterocycles. The second-order valence-corrected chi connectivity index (χ2v) is 12.1. The smallest absolute Gasteiger partial charge is 0.281 e. The van der Waals surface area contributed by atoms with Crippen molar-refractivity contribution in [2.24, 2.45) is 5.92 Å². The van der Waals surface area contributed by atoms with Crippen LogP contribution in [0.4, 0.5) is 5.69 Å². The van der Waals surface area contributed by atoms with Crippen molar-refractivity contribution in [1.29, 1.82) is 0 Å². The second-order valence-electron chi connectivity index (χ2n) is 7.81. The Morgan fingerprint density at radius 1 is 1.03 bits per heavy atom. The zero-order chi connectivity index (χ0) is 21.6.